The van der Waals surface area contributed by atoms with Crippen LogP contribution in [0.1, 0.15) is 32.4 Å². The summed E-state index contributed by atoms with van der Waals surface area (Å²) in [6, 6.07) is 9.72. The highest BCUT2D eigenvalue weighted by molar-refractivity contribution is 7.13. The maximum Gasteiger partial charge on any atom is 0.408 e. The molecule has 0 aliphatic carbocycles. The fraction of sp³-hybridized carbons (Fsp3) is 0.292. The molecule has 1 atom stereocenters. The van der Waals surface area contributed by atoms with E-state index < -0.39 is 11.7 Å². The Balaban J connectivity index is 1.52. The van der Waals surface area contributed by atoms with Gasteiger partial charge >= 0.3 is 6.09 Å². The molecular weight excluding hydrogens is 440 g/mol. The van der Waals surface area contributed by atoms with Crippen molar-refractivity contribution in [2.75, 3.05) is 13.7 Å². The fourth-order valence-corrected chi connectivity index (χ4v) is 4.57. The molecule has 0 bridgehead atoms. The standard InChI is InChI=1S/C24H24N4O4S/c1-24(2,3)32-23(29)26-17-13-31-18-10-14(7-8-16(17)18)20-21(19-6-5-9-33-19)28-12-15(30-4)11-25-22(28)27-20/h5-12,17H,13H2,1-4H3,(H,26,29)/t17-/m0/s1. The number of imidazole rings is 1. The first-order chi connectivity index (χ1) is 15.8. The van der Waals surface area contributed by atoms with E-state index in [9.17, 15) is 4.79 Å². The first-order valence-corrected chi connectivity index (χ1v) is 11.4. The maximum atomic E-state index is 12.2. The molecule has 5 rings (SSSR count). The number of nitrogens with one attached hydrogen (secondary N) is 1. The average Bonchev–Trinajstić information content (AvgIpc) is 3.50. The van der Waals surface area contributed by atoms with Gasteiger partial charge in [0.1, 0.15) is 18.0 Å². The summed E-state index contributed by atoms with van der Waals surface area (Å²) in [4.78, 5) is 22.5. The Morgan fingerprint density at radius 1 is 1.30 bits per heavy atom. The van der Waals surface area contributed by atoms with Crippen LogP contribution in [0.3, 0.4) is 0 Å². The number of thiophene rings is 1. The highest BCUT2D eigenvalue weighted by Crippen LogP contribution is 2.40. The molecule has 0 saturated heterocycles. The lowest BCUT2D eigenvalue weighted by molar-refractivity contribution is 0.0497. The molecule has 1 aromatic carbocycles. The Labute approximate surface area is 195 Å². The minimum absolute atomic E-state index is 0.271. The number of alkyl carbamates (subject to hydrolysis) is 1. The van der Waals surface area contributed by atoms with Gasteiger partial charge in [-0.25, -0.2) is 14.8 Å². The van der Waals surface area contributed by atoms with Crippen LogP contribution >= 0.6 is 11.3 Å². The summed E-state index contributed by atoms with van der Waals surface area (Å²) in [7, 11) is 1.62. The van der Waals surface area contributed by atoms with Crippen LogP contribution in [-0.4, -0.2) is 39.8 Å². The number of ether oxygens (including phenoxy) is 3. The zero-order valence-electron chi connectivity index (χ0n) is 18.8. The number of carbonyl (C=O) groups excluding carboxylic acids is 1. The monoisotopic (exact) mass is 464 g/mol. The van der Waals surface area contributed by atoms with Crippen LogP contribution in [0.2, 0.25) is 0 Å². The summed E-state index contributed by atoms with van der Waals surface area (Å²) in [5.74, 6) is 1.95. The van der Waals surface area contributed by atoms with Gasteiger partial charge < -0.3 is 19.5 Å². The predicted octanol–water partition coefficient (Wildman–Crippen LogP) is 5.09. The number of benzene rings is 1. The molecule has 4 heterocycles. The zero-order chi connectivity index (χ0) is 23.2. The molecule has 0 fully saturated rings. The van der Waals surface area contributed by atoms with Gasteiger partial charge in [-0.05, 0) is 38.3 Å². The van der Waals surface area contributed by atoms with Gasteiger partial charge in [-0.2, -0.15) is 0 Å². The number of fused-ring (bicyclic) bond motifs is 2. The van der Waals surface area contributed by atoms with Gasteiger partial charge in [-0.3, -0.25) is 4.40 Å². The fourth-order valence-electron chi connectivity index (χ4n) is 3.80. The summed E-state index contributed by atoms with van der Waals surface area (Å²) >= 11 is 1.63. The highest BCUT2D eigenvalue weighted by atomic mass is 32.1. The lowest BCUT2D eigenvalue weighted by Gasteiger charge is -2.21. The van der Waals surface area contributed by atoms with Crippen molar-refractivity contribution in [3.63, 3.8) is 0 Å². The van der Waals surface area contributed by atoms with Crippen molar-refractivity contribution >= 4 is 23.2 Å². The van der Waals surface area contributed by atoms with E-state index in [4.69, 9.17) is 19.2 Å². The number of hydrogen-bond donors (Lipinski definition) is 1. The summed E-state index contributed by atoms with van der Waals surface area (Å²) in [6.07, 6.45) is 3.08. The zero-order valence-corrected chi connectivity index (χ0v) is 19.6. The van der Waals surface area contributed by atoms with Gasteiger partial charge in [0.15, 0.2) is 5.75 Å². The number of amides is 1. The summed E-state index contributed by atoms with van der Waals surface area (Å²) in [6.45, 7) is 5.85. The van der Waals surface area contributed by atoms with Crippen LogP contribution < -0.4 is 14.8 Å². The van der Waals surface area contributed by atoms with Crippen LogP contribution in [0.5, 0.6) is 11.5 Å². The van der Waals surface area contributed by atoms with Crippen molar-refractivity contribution in [1.82, 2.24) is 19.7 Å². The number of rotatable bonds is 4. The van der Waals surface area contributed by atoms with Gasteiger partial charge in [0.2, 0.25) is 5.78 Å². The number of hydrogen-bond acceptors (Lipinski definition) is 7. The van der Waals surface area contributed by atoms with Gasteiger partial charge in [-0.15, -0.1) is 11.3 Å². The van der Waals surface area contributed by atoms with Crippen molar-refractivity contribution in [2.45, 2.75) is 32.4 Å². The molecule has 1 amide bonds. The molecule has 0 unspecified atom stereocenters. The average molecular weight is 465 g/mol. The molecule has 1 aliphatic rings. The van der Waals surface area contributed by atoms with Crippen molar-refractivity contribution in [2.24, 2.45) is 0 Å². The second-order valence-corrected chi connectivity index (χ2v) is 9.66. The Kier molecular flexibility index (Phi) is 5.20. The number of nitrogens with zero attached hydrogens (tertiary/aromatic N) is 3. The Morgan fingerprint density at radius 3 is 2.88 bits per heavy atom. The number of carbonyl (C=O) groups is 1. The molecule has 33 heavy (non-hydrogen) atoms. The quantitative estimate of drug-likeness (QED) is 0.453. The van der Waals surface area contributed by atoms with Crippen LogP contribution in [-0.2, 0) is 4.74 Å². The molecule has 0 spiro atoms. The molecule has 9 heteroatoms. The predicted molar refractivity (Wildman–Crippen MR) is 126 cm³/mol. The van der Waals surface area contributed by atoms with E-state index in [-0.39, 0.29) is 6.04 Å². The van der Waals surface area contributed by atoms with Gasteiger partial charge in [-0.1, -0.05) is 18.2 Å². The van der Waals surface area contributed by atoms with E-state index in [0.29, 0.717) is 23.9 Å². The van der Waals surface area contributed by atoms with Crippen LogP contribution in [0.15, 0.2) is 48.1 Å². The van der Waals surface area contributed by atoms with Crippen molar-refractivity contribution in [3.05, 3.63) is 53.7 Å². The van der Waals surface area contributed by atoms with Crippen molar-refractivity contribution in [3.8, 4) is 33.3 Å². The minimum atomic E-state index is -0.561. The third-order valence-corrected chi connectivity index (χ3v) is 6.08. The molecular formula is C24H24N4O4S. The molecule has 4 aromatic rings. The molecule has 0 saturated carbocycles. The second kappa shape index (κ2) is 8.08. The third kappa shape index (κ3) is 4.11. The Hall–Kier alpha value is -3.59. The SMILES string of the molecule is COc1cnc2nc(-c3ccc4c(c3)OC[C@@H]4NC(=O)OC(C)(C)C)c(-c3cccs3)n2c1. The molecule has 3 aromatic heterocycles. The largest absolute Gasteiger partial charge is 0.494 e. The molecule has 8 nitrogen and oxygen atoms in total. The van der Waals surface area contributed by atoms with Crippen LogP contribution in [0.4, 0.5) is 4.79 Å². The highest BCUT2D eigenvalue weighted by Gasteiger charge is 2.29. The summed E-state index contributed by atoms with van der Waals surface area (Å²) in [5, 5.41) is 4.92. The first kappa shape index (κ1) is 21.3. The van der Waals surface area contributed by atoms with E-state index >= 15 is 0 Å². The smallest absolute Gasteiger partial charge is 0.408 e. The molecule has 1 N–H and O–H groups in total. The van der Waals surface area contributed by atoms with Crippen LogP contribution in [0, 0.1) is 0 Å². The molecule has 170 valence electrons. The summed E-state index contributed by atoms with van der Waals surface area (Å²) < 4.78 is 18.6. The van der Waals surface area contributed by atoms with Gasteiger partial charge in [0.25, 0.3) is 0 Å². The lowest BCUT2D eigenvalue weighted by Crippen LogP contribution is -2.35. The molecule has 0 radical (unpaired) electrons. The normalized spacial score (nSPS) is 15.2. The number of aromatic nitrogens is 3. The maximum absolute atomic E-state index is 12.2. The Bertz CT molecular complexity index is 1320. The minimum Gasteiger partial charge on any atom is -0.494 e. The van der Waals surface area contributed by atoms with Crippen molar-refractivity contribution in [1.29, 1.82) is 0 Å². The number of methoxy groups -OCH3 is 1. The van der Waals surface area contributed by atoms with E-state index in [1.807, 2.05) is 61.0 Å². The molecule has 1 aliphatic heterocycles. The van der Waals surface area contributed by atoms with E-state index in [2.05, 4.69) is 16.4 Å². The van der Waals surface area contributed by atoms with Gasteiger partial charge in [0.05, 0.1) is 41.8 Å². The Morgan fingerprint density at radius 2 is 2.15 bits per heavy atom. The van der Waals surface area contributed by atoms with Crippen molar-refractivity contribution < 1.29 is 19.0 Å². The van der Waals surface area contributed by atoms with Gasteiger partial charge in [0, 0.05) is 11.1 Å². The topological polar surface area (TPSA) is 87.0 Å². The van der Waals surface area contributed by atoms with Crippen LogP contribution in [0.25, 0.3) is 27.6 Å². The summed E-state index contributed by atoms with van der Waals surface area (Å²) in [5.41, 5.74) is 2.99. The second-order valence-electron chi connectivity index (χ2n) is 8.71. The van der Waals surface area contributed by atoms with E-state index in [1.54, 1.807) is 24.6 Å². The third-order valence-electron chi connectivity index (χ3n) is 5.21. The first-order valence-electron chi connectivity index (χ1n) is 10.5. The van der Waals surface area contributed by atoms with E-state index in [1.165, 1.54) is 0 Å². The van der Waals surface area contributed by atoms with E-state index in [0.717, 1.165) is 27.4 Å². The lowest BCUT2D eigenvalue weighted by atomic mass is 10.0.